The summed E-state index contributed by atoms with van der Waals surface area (Å²) in [5.74, 6) is -0.00828. The van der Waals surface area contributed by atoms with Crippen LogP contribution in [0.2, 0.25) is 0 Å². The van der Waals surface area contributed by atoms with Gasteiger partial charge in [-0.3, -0.25) is 9.69 Å². The number of ether oxygens (including phenoxy) is 1. The quantitative estimate of drug-likeness (QED) is 0.311. The molecule has 0 aliphatic carbocycles. The van der Waals surface area contributed by atoms with Crippen LogP contribution >= 0.6 is 23.7 Å². The summed E-state index contributed by atoms with van der Waals surface area (Å²) in [7, 11) is -2.62. The lowest BCUT2D eigenvalue weighted by Crippen LogP contribution is -2.18. The number of nitrogens with zero attached hydrogens (tertiary/aromatic N) is 1. The lowest BCUT2D eigenvalue weighted by molar-refractivity contribution is 0.0966. The van der Waals surface area contributed by atoms with Gasteiger partial charge in [0.1, 0.15) is 4.90 Å². The Hall–Kier alpha value is -3.05. The summed E-state index contributed by atoms with van der Waals surface area (Å²) in [4.78, 5) is 18.8. The van der Waals surface area contributed by atoms with Crippen molar-refractivity contribution >= 4 is 50.7 Å². The number of methoxy groups -OCH3 is 1. The van der Waals surface area contributed by atoms with E-state index < -0.39 is 10.1 Å². The number of aromatic nitrogens is 1. The smallest absolute Gasteiger partial charge is 0.340 e. The van der Waals surface area contributed by atoms with Gasteiger partial charge in [0.05, 0.1) is 12.7 Å². The van der Waals surface area contributed by atoms with E-state index in [-0.39, 0.29) is 41.3 Å². The fourth-order valence-corrected chi connectivity index (χ4v) is 6.98. The Morgan fingerprint density at radius 1 is 1.11 bits per heavy atom. The van der Waals surface area contributed by atoms with Crippen molar-refractivity contribution in [3.05, 3.63) is 63.8 Å². The molecule has 0 unspecified atom stereocenters. The first kappa shape index (κ1) is 25.6. The number of thiophene rings is 1. The zero-order chi connectivity index (χ0) is 24.9. The third-order valence-electron chi connectivity index (χ3n) is 6.77. The highest BCUT2D eigenvalue weighted by atomic mass is 35.5. The number of hydrogen-bond acceptors (Lipinski definition) is 7. The van der Waals surface area contributed by atoms with E-state index >= 15 is 0 Å². The van der Waals surface area contributed by atoms with E-state index in [1.807, 2.05) is 6.07 Å². The molecule has 4 aromatic rings. The zero-order valence-corrected chi connectivity index (χ0v) is 22.5. The fraction of sp³-hybridized carbons (Fsp3) is 0.269. The maximum absolute atomic E-state index is 12.9. The van der Waals surface area contributed by atoms with E-state index in [2.05, 4.69) is 33.4 Å². The van der Waals surface area contributed by atoms with Crippen molar-refractivity contribution in [3.8, 4) is 22.8 Å². The van der Waals surface area contributed by atoms with E-state index in [1.54, 1.807) is 11.4 Å². The second kappa shape index (κ2) is 10.0. The number of nitrogens with one attached hydrogen (secondary N) is 2. The van der Waals surface area contributed by atoms with Gasteiger partial charge in [0.25, 0.3) is 5.91 Å². The van der Waals surface area contributed by atoms with Gasteiger partial charge in [-0.25, -0.2) is 0 Å². The molecule has 2 N–H and O–H groups in total. The molecule has 11 heteroatoms. The van der Waals surface area contributed by atoms with Crippen molar-refractivity contribution in [3.63, 3.8) is 0 Å². The van der Waals surface area contributed by atoms with Crippen molar-refractivity contribution in [2.75, 3.05) is 20.2 Å². The van der Waals surface area contributed by atoms with Crippen LogP contribution in [0.15, 0.2) is 52.1 Å². The molecule has 2 aromatic heterocycles. The molecular formula is C26H26ClN3O5S2. The SMILES string of the molecule is COc1cc(-c2cc3cc(CN4CCCC4)ccc3[nH]2)c2c(c1OS(=O)(=O)c1ccsc1)CNC2=O.Cl. The lowest BCUT2D eigenvalue weighted by atomic mass is 9.98. The van der Waals surface area contributed by atoms with E-state index in [1.165, 1.54) is 48.3 Å². The first-order chi connectivity index (χ1) is 17.4. The van der Waals surface area contributed by atoms with Crippen molar-refractivity contribution in [1.82, 2.24) is 15.2 Å². The third kappa shape index (κ3) is 4.70. The molecule has 0 bridgehead atoms. The first-order valence-corrected chi connectivity index (χ1v) is 14.1. The Morgan fingerprint density at radius 3 is 2.65 bits per heavy atom. The molecule has 0 saturated carbocycles. The molecule has 0 radical (unpaired) electrons. The number of rotatable bonds is 7. The predicted molar refractivity (Wildman–Crippen MR) is 145 cm³/mol. The van der Waals surface area contributed by atoms with Crippen LogP contribution < -0.4 is 14.2 Å². The molecule has 0 atom stereocenters. The number of benzene rings is 2. The van der Waals surface area contributed by atoms with Gasteiger partial charge in [0.2, 0.25) is 0 Å². The molecule has 194 valence electrons. The molecule has 6 rings (SSSR count). The summed E-state index contributed by atoms with van der Waals surface area (Å²) >= 11 is 1.26. The molecule has 1 saturated heterocycles. The second-order valence-electron chi connectivity index (χ2n) is 9.08. The van der Waals surface area contributed by atoms with Gasteiger partial charge in [-0.1, -0.05) is 6.07 Å². The molecule has 0 spiro atoms. The summed E-state index contributed by atoms with van der Waals surface area (Å²) in [6, 6.07) is 11.5. The summed E-state index contributed by atoms with van der Waals surface area (Å²) in [6.07, 6.45) is 2.50. The highest BCUT2D eigenvalue weighted by Gasteiger charge is 2.33. The Bertz CT molecular complexity index is 1580. The summed E-state index contributed by atoms with van der Waals surface area (Å²) in [6.45, 7) is 3.34. The number of carbonyl (C=O) groups excluding carboxylic acids is 1. The van der Waals surface area contributed by atoms with Gasteiger partial charge >= 0.3 is 10.1 Å². The van der Waals surface area contributed by atoms with E-state index in [0.29, 0.717) is 16.7 Å². The minimum Gasteiger partial charge on any atom is -0.493 e. The van der Waals surface area contributed by atoms with Crippen molar-refractivity contribution in [2.24, 2.45) is 0 Å². The molecule has 2 aliphatic heterocycles. The first-order valence-electron chi connectivity index (χ1n) is 11.8. The molecule has 2 aliphatic rings. The van der Waals surface area contributed by atoms with Crippen LogP contribution in [-0.4, -0.2) is 44.4 Å². The summed E-state index contributed by atoms with van der Waals surface area (Å²) < 4.78 is 36.8. The maximum Gasteiger partial charge on any atom is 0.340 e. The highest BCUT2D eigenvalue weighted by Crippen LogP contribution is 2.43. The van der Waals surface area contributed by atoms with Crippen LogP contribution in [0.1, 0.15) is 34.3 Å². The van der Waals surface area contributed by atoms with Crippen molar-refractivity contribution < 1.29 is 22.1 Å². The Balaban J connectivity index is 0.00000280. The van der Waals surface area contributed by atoms with E-state index in [9.17, 15) is 13.2 Å². The monoisotopic (exact) mass is 559 g/mol. The molecule has 37 heavy (non-hydrogen) atoms. The number of carbonyl (C=O) groups is 1. The van der Waals surface area contributed by atoms with Crippen LogP contribution in [0.5, 0.6) is 11.5 Å². The van der Waals surface area contributed by atoms with E-state index in [0.717, 1.165) is 36.2 Å². The summed E-state index contributed by atoms with van der Waals surface area (Å²) in [5.41, 5.74) is 4.44. The molecule has 1 fully saturated rings. The van der Waals surface area contributed by atoms with Gasteiger partial charge in [-0.05, 0) is 67.2 Å². The second-order valence-corrected chi connectivity index (χ2v) is 11.4. The minimum atomic E-state index is -4.07. The van der Waals surface area contributed by atoms with Gasteiger partial charge in [-0.2, -0.15) is 19.8 Å². The number of likely N-dealkylation sites (tertiary alicyclic amines) is 1. The molecule has 2 aromatic carbocycles. The largest absolute Gasteiger partial charge is 0.493 e. The fourth-order valence-electron chi connectivity index (χ4n) is 5.01. The summed E-state index contributed by atoms with van der Waals surface area (Å²) in [5, 5.41) is 7.02. The van der Waals surface area contributed by atoms with Crippen LogP contribution in [-0.2, 0) is 23.2 Å². The van der Waals surface area contributed by atoms with Gasteiger partial charge in [0, 0.05) is 46.2 Å². The van der Waals surface area contributed by atoms with Crippen LogP contribution in [0.25, 0.3) is 22.2 Å². The molecular weight excluding hydrogens is 534 g/mol. The normalized spacial score (nSPS) is 15.4. The molecule has 1 amide bonds. The number of hydrogen-bond donors (Lipinski definition) is 2. The molecule has 8 nitrogen and oxygen atoms in total. The average Bonchev–Trinajstić information content (AvgIpc) is 3.66. The number of amides is 1. The number of halogens is 1. The van der Waals surface area contributed by atoms with Crippen molar-refractivity contribution in [1.29, 1.82) is 0 Å². The predicted octanol–water partition coefficient (Wildman–Crippen LogP) is 4.93. The average molecular weight is 560 g/mol. The topological polar surface area (TPSA) is 101 Å². The third-order valence-corrected chi connectivity index (χ3v) is 8.82. The van der Waals surface area contributed by atoms with Crippen molar-refractivity contribution in [2.45, 2.75) is 30.8 Å². The highest BCUT2D eigenvalue weighted by molar-refractivity contribution is 7.87. The Labute approximate surface area is 225 Å². The van der Waals surface area contributed by atoms with Crippen LogP contribution in [0, 0.1) is 0 Å². The number of fused-ring (bicyclic) bond motifs is 2. The van der Waals surface area contributed by atoms with Gasteiger partial charge in [0.15, 0.2) is 11.5 Å². The maximum atomic E-state index is 12.9. The Morgan fingerprint density at radius 2 is 1.92 bits per heavy atom. The van der Waals surface area contributed by atoms with E-state index in [4.69, 9.17) is 8.92 Å². The standard InChI is InChI=1S/C26H25N3O5S2.ClH/c1-33-23-12-19(22-11-17-10-16(4-5-21(17)28-22)14-29-7-2-3-8-29)24-20(13-27-26(24)30)25(23)34-36(31,32)18-6-9-35-15-18;/h4-6,9-12,15,28H,2-3,7-8,13-14H2,1H3,(H,27,30);1H. The Kier molecular flexibility index (Phi) is 6.93. The number of H-pyrrole nitrogens is 1. The number of aromatic amines is 1. The lowest BCUT2D eigenvalue weighted by Gasteiger charge is -2.16. The van der Waals surface area contributed by atoms with Gasteiger partial charge in [-0.15, -0.1) is 12.4 Å². The zero-order valence-electron chi connectivity index (χ0n) is 20.1. The van der Waals surface area contributed by atoms with Crippen LogP contribution in [0.4, 0.5) is 0 Å². The van der Waals surface area contributed by atoms with Gasteiger partial charge < -0.3 is 19.2 Å². The minimum absolute atomic E-state index is 0. The van der Waals surface area contributed by atoms with Crippen LogP contribution in [0.3, 0.4) is 0 Å². The molecule has 4 heterocycles.